The Morgan fingerprint density at radius 2 is 2.08 bits per heavy atom. The Hall–Kier alpha value is -2.34. The number of para-hydroxylation sites is 1. The number of hydrogen-bond acceptors (Lipinski definition) is 3. The summed E-state index contributed by atoms with van der Waals surface area (Å²) >= 11 is 1.52. The average Bonchev–Trinajstić information content (AvgIpc) is 2.62. The van der Waals surface area contributed by atoms with E-state index in [9.17, 15) is 14.0 Å². The molecule has 0 aromatic heterocycles. The third kappa shape index (κ3) is 4.20. The fourth-order valence-electron chi connectivity index (χ4n) is 2.65. The molecule has 0 radical (unpaired) electrons. The quantitative estimate of drug-likeness (QED) is 0.892. The number of nitrogens with zero attached hydrogens (tertiary/aromatic N) is 1. The molecule has 0 saturated carbocycles. The maximum atomic E-state index is 13.5. The van der Waals surface area contributed by atoms with Gasteiger partial charge in [-0.2, -0.15) is 0 Å². The van der Waals surface area contributed by atoms with Gasteiger partial charge in [0.25, 0.3) is 0 Å². The van der Waals surface area contributed by atoms with Gasteiger partial charge in [-0.1, -0.05) is 24.3 Å². The number of fused-ring (bicyclic) bond motifs is 1. The highest BCUT2D eigenvalue weighted by Crippen LogP contribution is 2.34. The normalized spacial score (nSPS) is 13.5. The molecule has 2 aromatic rings. The smallest absolute Gasteiger partial charge is 0.237 e. The summed E-state index contributed by atoms with van der Waals surface area (Å²) in [6.07, 6.45) is 0.207. The number of hydrogen-bond donors (Lipinski definition) is 1. The van der Waals surface area contributed by atoms with Gasteiger partial charge in [-0.05, 0) is 36.2 Å². The van der Waals surface area contributed by atoms with Crippen LogP contribution in [0.25, 0.3) is 0 Å². The minimum absolute atomic E-state index is 0.0112. The fraction of sp³-hybridized carbons (Fsp3) is 0.263. The minimum atomic E-state index is -0.278. The molecule has 1 aliphatic rings. The summed E-state index contributed by atoms with van der Waals surface area (Å²) in [6, 6.07) is 12.6. The highest BCUT2D eigenvalue weighted by molar-refractivity contribution is 8.00. The zero-order valence-corrected chi connectivity index (χ0v) is 14.7. The standard InChI is InChI=1S/C19H19FN2O2S/c1-13-6-7-14(10-15(13)20)11-21-18(23)8-9-22-16-4-2-3-5-17(16)25-12-19(22)24/h2-7,10H,8-9,11-12H2,1H3,(H,21,23). The summed E-state index contributed by atoms with van der Waals surface area (Å²) in [5, 5.41) is 2.78. The number of benzene rings is 2. The highest BCUT2D eigenvalue weighted by Gasteiger charge is 2.24. The fourth-order valence-corrected chi connectivity index (χ4v) is 3.58. The van der Waals surface area contributed by atoms with Crippen LogP contribution in [0.2, 0.25) is 0 Å². The predicted octanol–water partition coefficient (Wildman–Crippen LogP) is 3.28. The van der Waals surface area contributed by atoms with E-state index >= 15 is 0 Å². The number of thioether (sulfide) groups is 1. The van der Waals surface area contributed by atoms with Crippen molar-refractivity contribution in [2.45, 2.75) is 24.8 Å². The molecular formula is C19H19FN2O2S. The Bertz CT molecular complexity index is 810. The van der Waals surface area contributed by atoms with Gasteiger partial charge in [0.1, 0.15) is 5.82 Å². The van der Waals surface area contributed by atoms with Gasteiger partial charge in [0.2, 0.25) is 11.8 Å². The van der Waals surface area contributed by atoms with E-state index in [4.69, 9.17) is 0 Å². The molecule has 2 aromatic carbocycles. The van der Waals surface area contributed by atoms with Gasteiger partial charge in [-0.15, -0.1) is 11.8 Å². The average molecular weight is 358 g/mol. The van der Waals surface area contributed by atoms with Crippen molar-refractivity contribution in [1.82, 2.24) is 5.32 Å². The van der Waals surface area contributed by atoms with Crippen molar-refractivity contribution in [3.8, 4) is 0 Å². The van der Waals surface area contributed by atoms with Gasteiger partial charge in [-0.25, -0.2) is 4.39 Å². The number of carbonyl (C=O) groups excluding carboxylic acids is 2. The molecule has 0 unspecified atom stereocenters. The van der Waals surface area contributed by atoms with Crippen LogP contribution in [-0.2, 0) is 16.1 Å². The van der Waals surface area contributed by atoms with Gasteiger partial charge in [0.15, 0.2) is 0 Å². The largest absolute Gasteiger partial charge is 0.352 e. The van der Waals surface area contributed by atoms with E-state index < -0.39 is 0 Å². The number of rotatable bonds is 5. The summed E-state index contributed by atoms with van der Waals surface area (Å²) in [5.74, 6) is -0.0391. The summed E-state index contributed by atoms with van der Waals surface area (Å²) in [4.78, 5) is 26.9. The Kier molecular flexibility index (Phi) is 5.38. The first-order valence-corrected chi connectivity index (χ1v) is 9.07. The molecule has 130 valence electrons. The van der Waals surface area contributed by atoms with Gasteiger partial charge in [-0.3, -0.25) is 9.59 Å². The number of aryl methyl sites for hydroxylation is 1. The van der Waals surface area contributed by atoms with Gasteiger partial charge in [0.05, 0.1) is 11.4 Å². The number of amides is 2. The minimum Gasteiger partial charge on any atom is -0.352 e. The van der Waals surface area contributed by atoms with E-state index in [1.807, 2.05) is 24.3 Å². The molecule has 0 saturated heterocycles. The molecular weight excluding hydrogens is 339 g/mol. The molecule has 0 spiro atoms. The van der Waals surface area contributed by atoms with Crippen LogP contribution in [0.4, 0.5) is 10.1 Å². The van der Waals surface area contributed by atoms with Crippen LogP contribution in [-0.4, -0.2) is 24.1 Å². The van der Waals surface area contributed by atoms with Crippen LogP contribution in [0.5, 0.6) is 0 Å². The number of anilines is 1. The first kappa shape index (κ1) is 17.5. The second-order valence-corrected chi connectivity index (χ2v) is 6.93. The topological polar surface area (TPSA) is 49.4 Å². The molecule has 0 atom stereocenters. The van der Waals surface area contributed by atoms with Gasteiger partial charge in [0, 0.05) is 24.4 Å². The van der Waals surface area contributed by atoms with Crippen molar-refractivity contribution in [2.75, 3.05) is 17.2 Å². The third-order valence-corrected chi connectivity index (χ3v) is 5.14. The third-order valence-electron chi connectivity index (χ3n) is 4.10. The molecule has 2 amide bonds. The lowest BCUT2D eigenvalue weighted by atomic mass is 10.1. The summed E-state index contributed by atoms with van der Waals surface area (Å²) < 4.78 is 13.5. The zero-order valence-electron chi connectivity index (χ0n) is 13.9. The predicted molar refractivity (Wildman–Crippen MR) is 97.1 cm³/mol. The van der Waals surface area contributed by atoms with E-state index in [0.717, 1.165) is 10.6 Å². The molecule has 1 heterocycles. The lowest BCUT2D eigenvalue weighted by Gasteiger charge is -2.28. The van der Waals surface area contributed by atoms with E-state index in [0.29, 0.717) is 23.4 Å². The summed E-state index contributed by atoms with van der Waals surface area (Å²) in [5.41, 5.74) is 2.15. The van der Waals surface area contributed by atoms with Crippen LogP contribution in [0.1, 0.15) is 17.5 Å². The molecule has 4 nitrogen and oxygen atoms in total. The molecule has 6 heteroatoms. The Labute approximate surface area is 150 Å². The SMILES string of the molecule is Cc1ccc(CNC(=O)CCN2C(=O)CSc3ccccc32)cc1F. The first-order valence-electron chi connectivity index (χ1n) is 8.08. The van der Waals surface area contributed by atoms with Crippen LogP contribution in [0, 0.1) is 12.7 Å². The Balaban J connectivity index is 1.55. The van der Waals surface area contributed by atoms with Gasteiger partial charge >= 0.3 is 0 Å². The van der Waals surface area contributed by atoms with Crippen molar-refractivity contribution < 1.29 is 14.0 Å². The van der Waals surface area contributed by atoms with Crippen LogP contribution in [0.3, 0.4) is 0 Å². The second-order valence-electron chi connectivity index (χ2n) is 5.91. The molecule has 25 heavy (non-hydrogen) atoms. The lowest BCUT2D eigenvalue weighted by Crippen LogP contribution is -2.38. The Morgan fingerprint density at radius 1 is 1.28 bits per heavy atom. The molecule has 0 aliphatic carbocycles. The van der Waals surface area contributed by atoms with Gasteiger partial charge < -0.3 is 10.2 Å². The Morgan fingerprint density at radius 3 is 2.88 bits per heavy atom. The summed E-state index contributed by atoms with van der Waals surface area (Å²) in [7, 11) is 0. The van der Waals surface area contributed by atoms with E-state index in [1.165, 1.54) is 17.8 Å². The first-order chi connectivity index (χ1) is 12.0. The van der Waals surface area contributed by atoms with Crippen LogP contribution < -0.4 is 10.2 Å². The van der Waals surface area contributed by atoms with Crippen molar-refractivity contribution in [2.24, 2.45) is 0 Å². The van der Waals surface area contributed by atoms with E-state index in [1.54, 1.807) is 24.0 Å². The number of halogens is 1. The van der Waals surface area contributed by atoms with Crippen molar-refractivity contribution >= 4 is 29.3 Å². The van der Waals surface area contributed by atoms with E-state index in [-0.39, 0.29) is 30.6 Å². The number of nitrogens with one attached hydrogen (secondary N) is 1. The van der Waals surface area contributed by atoms with Crippen LogP contribution in [0.15, 0.2) is 47.4 Å². The number of carbonyl (C=O) groups is 2. The van der Waals surface area contributed by atoms with Crippen molar-refractivity contribution in [3.05, 3.63) is 59.4 Å². The molecule has 0 fully saturated rings. The molecule has 3 rings (SSSR count). The molecule has 1 N–H and O–H groups in total. The molecule has 1 aliphatic heterocycles. The second kappa shape index (κ2) is 7.70. The lowest BCUT2D eigenvalue weighted by molar-refractivity contribution is -0.121. The monoisotopic (exact) mass is 358 g/mol. The van der Waals surface area contributed by atoms with Crippen molar-refractivity contribution in [3.63, 3.8) is 0 Å². The maximum absolute atomic E-state index is 13.5. The highest BCUT2D eigenvalue weighted by atomic mass is 32.2. The van der Waals surface area contributed by atoms with E-state index in [2.05, 4.69) is 5.32 Å². The maximum Gasteiger partial charge on any atom is 0.237 e. The van der Waals surface area contributed by atoms with Crippen molar-refractivity contribution in [1.29, 1.82) is 0 Å². The zero-order chi connectivity index (χ0) is 17.8. The van der Waals surface area contributed by atoms with Crippen LogP contribution >= 0.6 is 11.8 Å². The summed E-state index contributed by atoms with van der Waals surface area (Å²) in [6.45, 7) is 2.31. The molecule has 0 bridgehead atoms.